The zero-order chi connectivity index (χ0) is 16.7. The molecule has 0 radical (unpaired) electrons. The maximum atomic E-state index is 11.9. The number of carbonyl (C=O) groups is 2. The Morgan fingerprint density at radius 1 is 1.23 bits per heavy atom. The number of amides is 1. The van der Waals surface area contributed by atoms with Crippen LogP contribution in [-0.2, 0) is 14.3 Å². The van der Waals surface area contributed by atoms with Crippen LogP contribution >= 0.6 is 23.2 Å². The molecule has 1 aromatic rings. The molecule has 0 heterocycles. The second kappa shape index (κ2) is 8.86. The molecule has 0 aliphatic heterocycles. The highest BCUT2D eigenvalue weighted by Gasteiger charge is 2.22. The summed E-state index contributed by atoms with van der Waals surface area (Å²) < 4.78 is 9.99. The van der Waals surface area contributed by atoms with E-state index in [1.54, 1.807) is 12.1 Å². The minimum Gasteiger partial charge on any atom is -0.484 e. The fraction of sp³-hybridized carbons (Fsp3) is 0.467. The summed E-state index contributed by atoms with van der Waals surface area (Å²) in [6.07, 6.45) is 0.491. The molecule has 0 bridgehead atoms. The lowest BCUT2D eigenvalue weighted by Crippen LogP contribution is -2.44. The Morgan fingerprint density at radius 3 is 2.45 bits per heavy atom. The summed E-state index contributed by atoms with van der Waals surface area (Å²) in [5.41, 5.74) is 0. The van der Waals surface area contributed by atoms with Crippen LogP contribution < -0.4 is 10.1 Å². The van der Waals surface area contributed by atoms with Crippen LogP contribution in [0.25, 0.3) is 0 Å². The Kier molecular flexibility index (Phi) is 7.48. The van der Waals surface area contributed by atoms with Crippen molar-refractivity contribution in [3.05, 3.63) is 28.2 Å². The van der Waals surface area contributed by atoms with Crippen molar-refractivity contribution < 1.29 is 19.1 Å². The Balaban J connectivity index is 2.56. The molecule has 1 amide bonds. The van der Waals surface area contributed by atoms with Gasteiger partial charge in [0.1, 0.15) is 11.8 Å². The predicted octanol–water partition coefficient (Wildman–Crippen LogP) is 3.08. The molecule has 0 fully saturated rings. The number of ether oxygens (including phenoxy) is 2. The second-order valence-electron chi connectivity index (χ2n) is 5.14. The van der Waals surface area contributed by atoms with Crippen molar-refractivity contribution in [3.8, 4) is 5.75 Å². The van der Waals surface area contributed by atoms with Gasteiger partial charge in [-0.3, -0.25) is 4.79 Å². The van der Waals surface area contributed by atoms with Gasteiger partial charge in [-0.1, -0.05) is 37.0 Å². The first-order chi connectivity index (χ1) is 10.3. The number of hydrogen-bond donors (Lipinski definition) is 1. The van der Waals surface area contributed by atoms with E-state index in [4.69, 9.17) is 27.9 Å². The van der Waals surface area contributed by atoms with Crippen LogP contribution in [0.3, 0.4) is 0 Å². The molecular weight excluding hydrogens is 329 g/mol. The Morgan fingerprint density at radius 2 is 1.91 bits per heavy atom. The summed E-state index contributed by atoms with van der Waals surface area (Å²) in [4.78, 5) is 23.5. The van der Waals surface area contributed by atoms with Crippen LogP contribution in [0.2, 0.25) is 10.0 Å². The van der Waals surface area contributed by atoms with Gasteiger partial charge in [0, 0.05) is 6.07 Å². The number of halogens is 2. The highest BCUT2D eigenvalue weighted by atomic mass is 35.5. The number of rotatable bonds is 7. The van der Waals surface area contributed by atoms with E-state index in [0.717, 1.165) is 0 Å². The van der Waals surface area contributed by atoms with Gasteiger partial charge in [-0.2, -0.15) is 0 Å². The molecule has 7 heteroatoms. The average Bonchev–Trinajstić information content (AvgIpc) is 2.46. The fourth-order valence-corrected chi connectivity index (χ4v) is 2.07. The van der Waals surface area contributed by atoms with E-state index < -0.39 is 17.9 Å². The Labute approximate surface area is 139 Å². The summed E-state index contributed by atoms with van der Waals surface area (Å²) in [6.45, 7) is 3.67. The molecular formula is C15H19Cl2NO4. The van der Waals surface area contributed by atoms with Crippen molar-refractivity contribution in [1.82, 2.24) is 5.32 Å². The third-order valence-corrected chi connectivity index (χ3v) is 3.53. The molecule has 0 aromatic heterocycles. The average molecular weight is 348 g/mol. The zero-order valence-electron chi connectivity index (χ0n) is 12.7. The molecule has 0 saturated carbocycles. The van der Waals surface area contributed by atoms with Gasteiger partial charge in [0.15, 0.2) is 6.61 Å². The van der Waals surface area contributed by atoms with E-state index in [2.05, 4.69) is 10.1 Å². The molecule has 0 aliphatic carbocycles. The first-order valence-corrected chi connectivity index (χ1v) is 7.54. The first kappa shape index (κ1) is 18.6. The van der Waals surface area contributed by atoms with Gasteiger partial charge < -0.3 is 14.8 Å². The van der Waals surface area contributed by atoms with Gasteiger partial charge in [0.2, 0.25) is 0 Å². The van der Waals surface area contributed by atoms with E-state index in [9.17, 15) is 9.59 Å². The zero-order valence-corrected chi connectivity index (χ0v) is 14.2. The number of benzene rings is 1. The summed E-state index contributed by atoms with van der Waals surface area (Å²) in [5, 5.41) is 3.34. The van der Waals surface area contributed by atoms with Crippen molar-refractivity contribution >= 4 is 35.1 Å². The number of hydrogen-bond acceptors (Lipinski definition) is 4. The number of nitrogens with one attached hydrogen (secondary N) is 1. The van der Waals surface area contributed by atoms with Crippen LogP contribution in [0, 0.1) is 5.92 Å². The quantitative estimate of drug-likeness (QED) is 0.769. The van der Waals surface area contributed by atoms with Crippen molar-refractivity contribution in [2.75, 3.05) is 13.7 Å². The third kappa shape index (κ3) is 6.12. The molecule has 1 atom stereocenters. The summed E-state index contributed by atoms with van der Waals surface area (Å²) in [7, 11) is 1.29. The van der Waals surface area contributed by atoms with E-state index in [1.807, 2.05) is 13.8 Å². The van der Waals surface area contributed by atoms with Crippen LogP contribution in [0.5, 0.6) is 5.75 Å². The largest absolute Gasteiger partial charge is 0.484 e. The van der Waals surface area contributed by atoms with Crippen molar-refractivity contribution in [2.45, 2.75) is 26.3 Å². The molecule has 0 spiro atoms. The highest BCUT2D eigenvalue weighted by molar-refractivity contribution is 6.42. The lowest BCUT2D eigenvalue weighted by molar-refractivity contribution is -0.145. The van der Waals surface area contributed by atoms with Gasteiger partial charge >= 0.3 is 5.97 Å². The van der Waals surface area contributed by atoms with Gasteiger partial charge in [0.05, 0.1) is 17.2 Å². The van der Waals surface area contributed by atoms with Crippen LogP contribution in [0.1, 0.15) is 20.3 Å². The number of methoxy groups -OCH3 is 1. The van der Waals surface area contributed by atoms with Crippen molar-refractivity contribution in [3.63, 3.8) is 0 Å². The maximum Gasteiger partial charge on any atom is 0.328 e. The summed E-state index contributed by atoms with van der Waals surface area (Å²) >= 11 is 11.7. The fourth-order valence-electron chi connectivity index (χ4n) is 1.78. The van der Waals surface area contributed by atoms with Gasteiger partial charge in [-0.25, -0.2) is 4.79 Å². The number of carbonyl (C=O) groups excluding carboxylic acids is 2. The SMILES string of the molecule is COC(=O)[C@H](CC(C)C)NC(=O)COc1ccc(Cl)c(Cl)c1. The highest BCUT2D eigenvalue weighted by Crippen LogP contribution is 2.26. The van der Waals surface area contributed by atoms with Crippen molar-refractivity contribution in [1.29, 1.82) is 0 Å². The monoisotopic (exact) mass is 347 g/mol. The molecule has 22 heavy (non-hydrogen) atoms. The molecule has 0 saturated heterocycles. The summed E-state index contributed by atoms with van der Waals surface area (Å²) in [6, 6.07) is 4.01. The van der Waals surface area contributed by atoms with E-state index in [-0.39, 0.29) is 12.5 Å². The van der Waals surface area contributed by atoms with Gasteiger partial charge in [-0.05, 0) is 24.5 Å². The van der Waals surface area contributed by atoms with Crippen molar-refractivity contribution in [2.24, 2.45) is 5.92 Å². The molecule has 0 unspecified atom stereocenters. The maximum absolute atomic E-state index is 11.9. The Hall–Kier alpha value is -1.46. The third-order valence-electron chi connectivity index (χ3n) is 2.79. The van der Waals surface area contributed by atoms with E-state index in [0.29, 0.717) is 22.2 Å². The van der Waals surface area contributed by atoms with E-state index in [1.165, 1.54) is 13.2 Å². The van der Waals surface area contributed by atoms with Crippen LogP contribution in [-0.4, -0.2) is 31.6 Å². The lowest BCUT2D eigenvalue weighted by Gasteiger charge is -2.18. The normalized spacial score (nSPS) is 11.9. The molecule has 0 aliphatic rings. The lowest BCUT2D eigenvalue weighted by atomic mass is 10.0. The van der Waals surface area contributed by atoms with E-state index >= 15 is 0 Å². The standard InChI is InChI=1S/C15H19Cl2NO4/c1-9(2)6-13(15(20)21-3)18-14(19)8-22-10-4-5-11(16)12(17)7-10/h4-5,7,9,13H,6,8H2,1-3H3,(H,18,19)/t13-/m0/s1. The minimum atomic E-state index is -0.685. The van der Waals surface area contributed by atoms with Crippen LogP contribution in [0.15, 0.2) is 18.2 Å². The van der Waals surface area contributed by atoms with Crippen LogP contribution in [0.4, 0.5) is 0 Å². The smallest absolute Gasteiger partial charge is 0.328 e. The second-order valence-corrected chi connectivity index (χ2v) is 5.95. The number of esters is 1. The van der Waals surface area contributed by atoms with Gasteiger partial charge in [0.25, 0.3) is 5.91 Å². The minimum absolute atomic E-state index is 0.233. The predicted molar refractivity (Wildman–Crippen MR) is 85.4 cm³/mol. The molecule has 1 rings (SSSR count). The first-order valence-electron chi connectivity index (χ1n) is 6.78. The topological polar surface area (TPSA) is 64.6 Å². The molecule has 5 nitrogen and oxygen atoms in total. The molecule has 122 valence electrons. The Bertz CT molecular complexity index is 534. The molecule has 1 aromatic carbocycles. The molecule has 1 N–H and O–H groups in total. The summed E-state index contributed by atoms with van der Waals surface area (Å²) in [5.74, 6) is -0.234. The van der Waals surface area contributed by atoms with Gasteiger partial charge in [-0.15, -0.1) is 0 Å².